The highest BCUT2D eigenvalue weighted by atomic mass is 19.1. The normalized spacial score (nSPS) is 13.3. The summed E-state index contributed by atoms with van der Waals surface area (Å²) >= 11 is 0. The van der Waals surface area contributed by atoms with E-state index >= 15 is 0 Å². The molecule has 9 heteroatoms. The number of amides is 1. The number of benzene rings is 1. The van der Waals surface area contributed by atoms with Gasteiger partial charge in [-0.2, -0.15) is 9.61 Å². The van der Waals surface area contributed by atoms with Crippen LogP contribution in [0.1, 0.15) is 34.1 Å². The minimum atomic E-state index is -1.18. The van der Waals surface area contributed by atoms with Crippen molar-refractivity contribution in [2.24, 2.45) is 5.73 Å². The average molecular weight is 420 g/mol. The number of alkyl halides is 1. The minimum Gasteiger partial charge on any atom is -0.473 e. The van der Waals surface area contributed by atoms with Gasteiger partial charge in [-0.15, -0.1) is 0 Å². The molecule has 30 heavy (non-hydrogen) atoms. The van der Waals surface area contributed by atoms with Gasteiger partial charge in [0.15, 0.2) is 0 Å². The molecule has 0 fully saturated rings. The van der Waals surface area contributed by atoms with Crippen LogP contribution in [0.25, 0.3) is 5.52 Å². The number of carbonyl (C=O) groups is 1. The largest absolute Gasteiger partial charge is 0.473 e. The van der Waals surface area contributed by atoms with Crippen LogP contribution in [0.4, 0.5) is 13.2 Å². The van der Waals surface area contributed by atoms with Crippen LogP contribution in [0.5, 0.6) is 5.88 Å². The summed E-state index contributed by atoms with van der Waals surface area (Å²) < 4.78 is 47.8. The van der Waals surface area contributed by atoms with Crippen molar-refractivity contribution >= 4 is 11.4 Å². The first kappa shape index (κ1) is 21.6. The van der Waals surface area contributed by atoms with E-state index in [1.54, 1.807) is 26.0 Å². The second kappa shape index (κ2) is 8.35. The first-order valence-electron chi connectivity index (χ1n) is 9.31. The maximum atomic E-state index is 13.9. The van der Waals surface area contributed by atoms with Crippen molar-refractivity contribution in [2.45, 2.75) is 32.9 Å². The number of nitrogens with zero attached hydrogens (tertiary/aromatic N) is 2. The molecule has 1 amide bonds. The van der Waals surface area contributed by atoms with Gasteiger partial charge in [0, 0.05) is 12.6 Å². The Labute approximate surface area is 171 Å². The molecule has 0 saturated carbocycles. The number of halogens is 3. The monoisotopic (exact) mass is 420 g/mol. The highest BCUT2D eigenvalue weighted by molar-refractivity contribution is 6.02. The lowest BCUT2D eigenvalue weighted by atomic mass is 10.1. The topological polar surface area (TPSA) is 81.7 Å². The zero-order valence-corrected chi connectivity index (χ0v) is 16.9. The molecule has 0 spiro atoms. The Balaban J connectivity index is 1.93. The fraction of sp³-hybridized carbons (Fsp3) is 0.333. The van der Waals surface area contributed by atoms with Crippen LogP contribution in [0, 0.1) is 25.5 Å². The third-order valence-corrected chi connectivity index (χ3v) is 4.63. The number of aromatic nitrogens is 2. The van der Waals surface area contributed by atoms with Crippen LogP contribution >= 0.6 is 0 Å². The summed E-state index contributed by atoms with van der Waals surface area (Å²) in [4.78, 5) is 12.7. The van der Waals surface area contributed by atoms with E-state index in [9.17, 15) is 18.0 Å². The lowest BCUT2D eigenvalue weighted by molar-refractivity contribution is 0.0943. The summed E-state index contributed by atoms with van der Waals surface area (Å²) in [6.07, 6.45) is 0. The summed E-state index contributed by atoms with van der Waals surface area (Å²) in [7, 11) is 0. The highest BCUT2D eigenvalue weighted by Crippen LogP contribution is 2.25. The van der Waals surface area contributed by atoms with Gasteiger partial charge in [0.05, 0.1) is 27.9 Å². The summed E-state index contributed by atoms with van der Waals surface area (Å²) in [5.41, 5.74) is 6.27. The third kappa shape index (κ3) is 4.40. The quantitative estimate of drug-likeness (QED) is 0.615. The fourth-order valence-electron chi connectivity index (χ4n) is 2.98. The SMILES string of the molecule is Cc1cc(OCc2c(F)cccc2F)n2nc(C)c(C(=O)NCC(C)(N)CF)c2c1. The first-order valence-corrected chi connectivity index (χ1v) is 9.31. The Morgan fingerprint density at radius 1 is 1.27 bits per heavy atom. The lowest BCUT2D eigenvalue weighted by Gasteiger charge is -2.20. The van der Waals surface area contributed by atoms with Gasteiger partial charge in [0.25, 0.3) is 5.91 Å². The number of nitrogens with two attached hydrogens (primary N) is 1. The van der Waals surface area contributed by atoms with E-state index in [0.717, 1.165) is 17.7 Å². The summed E-state index contributed by atoms with van der Waals surface area (Å²) in [5.74, 6) is -1.66. The van der Waals surface area contributed by atoms with Gasteiger partial charge < -0.3 is 15.8 Å². The van der Waals surface area contributed by atoms with Crippen molar-refractivity contribution in [1.82, 2.24) is 14.9 Å². The van der Waals surface area contributed by atoms with E-state index in [1.165, 1.54) is 17.5 Å². The Morgan fingerprint density at radius 3 is 2.57 bits per heavy atom. The summed E-state index contributed by atoms with van der Waals surface area (Å²) in [6, 6.07) is 6.96. The van der Waals surface area contributed by atoms with E-state index in [-0.39, 0.29) is 30.2 Å². The van der Waals surface area contributed by atoms with E-state index < -0.39 is 29.8 Å². The number of aryl methyl sites for hydroxylation is 2. The van der Waals surface area contributed by atoms with Crippen molar-refractivity contribution in [3.8, 4) is 5.88 Å². The molecule has 0 bridgehead atoms. The van der Waals surface area contributed by atoms with Crippen molar-refractivity contribution in [3.63, 3.8) is 0 Å². The van der Waals surface area contributed by atoms with Crippen LogP contribution in [0.15, 0.2) is 30.3 Å². The number of ether oxygens (including phenoxy) is 1. The summed E-state index contributed by atoms with van der Waals surface area (Å²) in [5, 5.41) is 6.96. The van der Waals surface area contributed by atoms with Crippen LogP contribution < -0.4 is 15.8 Å². The molecule has 2 heterocycles. The molecular formula is C21H23F3N4O2. The standard InChI is InChI=1S/C21H23F3N4O2/c1-12-7-17-19(20(29)26-11-21(3,25)10-22)13(2)27-28(17)18(8-12)30-9-14-15(23)5-4-6-16(14)24/h4-8H,9-11,25H2,1-3H3,(H,26,29). The Bertz CT molecular complexity index is 1080. The molecule has 1 unspecified atom stereocenters. The van der Waals surface area contributed by atoms with Gasteiger partial charge in [-0.1, -0.05) is 6.07 Å². The molecule has 3 aromatic rings. The Morgan fingerprint density at radius 2 is 1.93 bits per heavy atom. The van der Waals surface area contributed by atoms with Gasteiger partial charge in [-0.3, -0.25) is 4.79 Å². The van der Waals surface area contributed by atoms with Crippen LogP contribution in [0.3, 0.4) is 0 Å². The predicted molar refractivity (Wildman–Crippen MR) is 106 cm³/mol. The highest BCUT2D eigenvalue weighted by Gasteiger charge is 2.23. The molecule has 2 aromatic heterocycles. The van der Waals surface area contributed by atoms with Crippen LogP contribution in [-0.4, -0.2) is 34.3 Å². The lowest BCUT2D eigenvalue weighted by Crippen LogP contribution is -2.49. The molecule has 160 valence electrons. The Hall–Kier alpha value is -3.07. The number of hydrogen-bond donors (Lipinski definition) is 2. The predicted octanol–water partition coefficient (Wildman–Crippen LogP) is 3.23. The summed E-state index contributed by atoms with van der Waals surface area (Å²) in [6.45, 7) is 3.74. The second-order valence-electron chi connectivity index (χ2n) is 7.59. The van der Waals surface area contributed by atoms with Crippen molar-refractivity contribution in [3.05, 3.63) is 64.4 Å². The van der Waals surface area contributed by atoms with E-state index in [2.05, 4.69) is 10.4 Å². The number of pyridine rings is 1. The van der Waals surface area contributed by atoms with Gasteiger partial charge in [-0.05, 0) is 44.5 Å². The number of hydrogen-bond acceptors (Lipinski definition) is 4. The second-order valence-corrected chi connectivity index (χ2v) is 7.59. The number of rotatable bonds is 7. The van der Waals surface area contributed by atoms with E-state index in [4.69, 9.17) is 10.5 Å². The van der Waals surface area contributed by atoms with Gasteiger partial charge >= 0.3 is 0 Å². The van der Waals surface area contributed by atoms with Crippen LogP contribution in [0.2, 0.25) is 0 Å². The third-order valence-electron chi connectivity index (χ3n) is 4.63. The minimum absolute atomic E-state index is 0.0547. The van der Waals surface area contributed by atoms with Gasteiger partial charge in [-0.25, -0.2) is 13.2 Å². The molecule has 3 rings (SSSR count). The maximum Gasteiger partial charge on any atom is 0.255 e. The van der Waals surface area contributed by atoms with Crippen molar-refractivity contribution in [2.75, 3.05) is 13.2 Å². The molecule has 0 saturated heterocycles. The van der Waals surface area contributed by atoms with Crippen molar-refractivity contribution in [1.29, 1.82) is 0 Å². The molecule has 0 aliphatic heterocycles. The molecule has 1 atom stereocenters. The molecular weight excluding hydrogens is 397 g/mol. The average Bonchev–Trinajstić information content (AvgIpc) is 3.01. The molecule has 0 aliphatic carbocycles. The fourth-order valence-corrected chi connectivity index (χ4v) is 2.98. The molecule has 0 aliphatic rings. The van der Waals surface area contributed by atoms with Crippen molar-refractivity contribution < 1.29 is 22.7 Å². The maximum absolute atomic E-state index is 13.9. The van der Waals surface area contributed by atoms with E-state index in [1.807, 2.05) is 0 Å². The smallest absolute Gasteiger partial charge is 0.255 e. The molecule has 3 N–H and O–H groups in total. The van der Waals surface area contributed by atoms with Gasteiger partial charge in [0.1, 0.15) is 24.9 Å². The molecule has 1 aromatic carbocycles. The number of carbonyl (C=O) groups excluding carboxylic acids is 1. The molecule has 0 radical (unpaired) electrons. The first-order chi connectivity index (χ1) is 14.1. The number of nitrogens with one attached hydrogen (secondary N) is 1. The van der Waals surface area contributed by atoms with E-state index in [0.29, 0.717) is 11.2 Å². The Kier molecular flexibility index (Phi) is 6.02. The molecule has 6 nitrogen and oxygen atoms in total. The van der Waals surface area contributed by atoms with Crippen LogP contribution in [-0.2, 0) is 6.61 Å². The van der Waals surface area contributed by atoms with Gasteiger partial charge in [0.2, 0.25) is 5.88 Å². The zero-order chi connectivity index (χ0) is 22.1. The zero-order valence-electron chi connectivity index (χ0n) is 16.9. The number of fused-ring (bicyclic) bond motifs is 1.